The number of piperazine rings is 1. The molecule has 0 atom stereocenters. The zero-order valence-electron chi connectivity index (χ0n) is 20.3. The summed E-state index contributed by atoms with van der Waals surface area (Å²) < 4.78 is 27.3. The molecule has 11 heteroatoms. The molecule has 2 aliphatic rings. The van der Waals surface area contributed by atoms with Gasteiger partial charge in [0.2, 0.25) is 16.0 Å². The van der Waals surface area contributed by atoms with Crippen LogP contribution in [0.1, 0.15) is 18.4 Å². The van der Waals surface area contributed by atoms with Gasteiger partial charge in [-0.05, 0) is 69.3 Å². The number of aryl methyl sites for hydroxylation is 1. The zero-order valence-corrected chi connectivity index (χ0v) is 21.9. The normalized spacial score (nSPS) is 16.6. The first-order chi connectivity index (χ1) is 17.3. The molecule has 9 nitrogen and oxygen atoms in total. The Labute approximate surface area is 216 Å². The molecular weight excluding hydrogens is 498 g/mol. The summed E-state index contributed by atoms with van der Waals surface area (Å²) in [5, 5.41) is 6.53. The first kappa shape index (κ1) is 24.6. The maximum absolute atomic E-state index is 12.4. The minimum Gasteiger partial charge on any atom is -0.369 e. The Balaban J connectivity index is 1.28. The third-order valence-electron chi connectivity index (χ3n) is 6.41. The van der Waals surface area contributed by atoms with Gasteiger partial charge in [-0.25, -0.2) is 13.4 Å². The smallest absolute Gasteiger partial charge is 0.235 e. The van der Waals surface area contributed by atoms with Crippen LogP contribution in [-0.2, 0) is 10.0 Å². The fourth-order valence-electron chi connectivity index (χ4n) is 4.01. The van der Waals surface area contributed by atoms with Crippen LogP contribution in [0.2, 0.25) is 5.02 Å². The third kappa shape index (κ3) is 5.83. The third-order valence-corrected chi connectivity index (χ3v) is 8.59. The molecule has 3 N–H and O–H groups in total. The Morgan fingerprint density at radius 2 is 1.67 bits per heavy atom. The molecule has 2 aromatic carbocycles. The van der Waals surface area contributed by atoms with E-state index in [1.165, 1.54) is 5.69 Å². The molecule has 0 amide bonds. The molecule has 0 spiro atoms. The molecule has 1 aliphatic heterocycles. The highest BCUT2D eigenvalue weighted by molar-refractivity contribution is 7.93. The molecule has 2 heterocycles. The summed E-state index contributed by atoms with van der Waals surface area (Å²) >= 11 is 6.25. The highest BCUT2D eigenvalue weighted by Gasteiger charge is 2.36. The lowest BCUT2D eigenvalue weighted by atomic mass is 10.2. The number of aromatic nitrogens is 2. The second-order valence-corrected chi connectivity index (χ2v) is 11.7. The molecular formula is C25H30ClN7O2S. The predicted molar refractivity (Wildman–Crippen MR) is 147 cm³/mol. The first-order valence-electron chi connectivity index (χ1n) is 12.0. The van der Waals surface area contributed by atoms with Crippen molar-refractivity contribution in [3.63, 3.8) is 0 Å². The van der Waals surface area contributed by atoms with Crippen molar-refractivity contribution in [3.8, 4) is 0 Å². The van der Waals surface area contributed by atoms with Crippen molar-refractivity contribution in [2.24, 2.45) is 0 Å². The molecule has 2 fully saturated rings. The fraction of sp³-hybridized carbons (Fsp3) is 0.360. The van der Waals surface area contributed by atoms with Gasteiger partial charge in [0.1, 0.15) is 5.82 Å². The van der Waals surface area contributed by atoms with E-state index >= 15 is 0 Å². The summed E-state index contributed by atoms with van der Waals surface area (Å²) in [6.45, 7) is 6.08. The predicted octanol–water partition coefficient (Wildman–Crippen LogP) is 4.58. The molecule has 0 radical (unpaired) electrons. The lowest BCUT2D eigenvalue weighted by molar-refractivity contribution is 0.313. The van der Waals surface area contributed by atoms with Crippen molar-refractivity contribution in [1.29, 1.82) is 0 Å². The van der Waals surface area contributed by atoms with E-state index in [4.69, 9.17) is 11.6 Å². The second-order valence-electron chi connectivity index (χ2n) is 9.35. The zero-order chi connectivity index (χ0) is 25.3. The van der Waals surface area contributed by atoms with Gasteiger partial charge in [-0.2, -0.15) is 4.98 Å². The average Bonchev–Trinajstić information content (AvgIpc) is 3.71. The maximum Gasteiger partial charge on any atom is 0.235 e. The number of anilines is 6. The van der Waals surface area contributed by atoms with E-state index in [9.17, 15) is 8.42 Å². The second kappa shape index (κ2) is 10.1. The Morgan fingerprint density at radius 3 is 2.36 bits per heavy atom. The highest BCUT2D eigenvalue weighted by Crippen LogP contribution is 2.34. The van der Waals surface area contributed by atoms with Gasteiger partial charge in [0.15, 0.2) is 0 Å². The Hall–Kier alpha value is -3.08. The van der Waals surface area contributed by atoms with Gasteiger partial charge in [-0.3, -0.25) is 4.72 Å². The van der Waals surface area contributed by atoms with Crippen LogP contribution in [-0.4, -0.2) is 61.8 Å². The number of hydrogen-bond donors (Lipinski definition) is 3. The van der Waals surface area contributed by atoms with Gasteiger partial charge in [0, 0.05) is 55.0 Å². The molecule has 5 rings (SSSR count). The molecule has 36 heavy (non-hydrogen) atoms. The molecule has 1 saturated carbocycles. The number of likely N-dealkylation sites (N-methyl/N-ethyl adjacent to an activating group) is 1. The van der Waals surface area contributed by atoms with E-state index < -0.39 is 10.0 Å². The van der Waals surface area contributed by atoms with Crippen LogP contribution < -0.4 is 20.3 Å². The van der Waals surface area contributed by atoms with E-state index in [0.29, 0.717) is 41.0 Å². The van der Waals surface area contributed by atoms with Crippen molar-refractivity contribution in [2.75, 3.05) is 53.5 Å². The molecule has 190 valence electrons. The number of nitrogens with one attached hydrogen (secondary N) is 3. The minimum absolute atomic E-state index is 0.335. The van der Waals surface area contributed by atoms with E-state index in [-0.39, 0.29) is 5.25 Å². The van der Waals surface area contributed by atoms with Gasteiger partial charge in [0.25, 0.3) is 0 Å². The number of halogens is 1. The Bertz CT molecular complexity index is 1340. The van der Waals surface area contributed by atoms with E-state index in [1.54, 1.807) is 24.4 Å². The number of sulfonamides is 1. The summed E-state index contributed by atoms with van der Waals surface area (Å²) in [6, 6.07) is 13.4. The van der Waals surface area contributed by atoms with E-state index in [0.717, 1.165) is 37.4 Å². The molecule has 1 aliphatic carbocycles. The Kier molecular flexibility index (Phi) is 6.92. The van der Waals surface area contributed by atoms with Gasteiger partial charge in [-0.15, -0.1) is 0 Å². The number of benzene rings is 2. The van der Waals surface area contributed by atoms with Crippen molar-refractivity contribution >= 4 is 56.1 Å². The summed E-state index contributed by atoms with van der Waals surface area (Å²) in [4.78, 5) is 13.8. The van der Waals surface area contributed by atoms with E-state index in [2.05, 4.69) is 54.3 Å². The molecule has 1 saturated heterocycles. The van der Waals surface area contributed by atoms with Gasteiger partial charge in [-0.1, -0.05) is 11.6 Å². The van der Waals surface area contributed by atoms with Crippen molar-refractivity contribution in [3.05, 3.63) is 59.2 Å². The highest BCUT2D eigenvalue weighted by atomic mass is 35.5. The molecule has 0 unspecified atom stereocenters. The van der Waals surface area contributed by atoms with Gasteiger partial charge < -0.3 is 20.4 Å². The van der Waals surface area contributed by atoms with Crippen LogP contribution in [0.5, 0.6) is 0 Å². The van der Waals surface area contributed by atoms with E-state index in [1.807, 2.05) is 19.1 Å². The fourth-order valence-corrected chi connectivity index (χ4v) is 5.63. The summed E-state index contributed by atoms with van der Waals surface area (Å²) in [6.07, 6.45) is 3.10. The van der Waals surface area contributed by atoms with Crippen LogP contribution in [0.15, 0.2) is 48.7 Å². The van der Waals surface area contributed by atoms with Gasteiger partial charge in [0.05, 0.1) is 16.0 Å². The molecule has 1 aromatic heterocycles. The lowest BCUT2D eigenvalue weighted by Crippen LogP contribution is -2.44. The minimum atomic E-state index is -3.42. The number of hydrogen-bond acceptors (Lipinski definition) is 8. The topological polar surface area (TPSA) is 102 Å². The van der Waals surface area contributed by atoms with Crippen LogP contribution in [0.25, 0.3) is 0 Å². The van der Waals surface area contributed by atoms with Crippen molar-refractivity contribution in [2.45, 2.75) is 25.0 Å². The van der Waals surface area contributed by atoms with Crippen LogP contribution in [0, 0.1) is 6.92 Å². The quantitative estimate of drug-likeness (QED) is 0.391. The summed E-state index contributed by atoms with van der Waals surface area (Å²) in [7, 11) is -1.27. The Morgan fingerprint density at radius 1 is 0.972 bits per heavy atom. The molecule has 0 bridgehead atoms. The van der Waals surface area contributed by atoms with Gasteiger partial charge >= 0.3 is 0 Å². The number of nitrogens with zero attached hydrogens (tertiary/aromatic N) is 4. The average molecular weight is 528 g/mol. The van der Waals surface area contributed by atoms with Crippen LogP contribution in [0.3, 0.4) is 0 Å². The largest absolute Gasteiger partial charge is 0.369 e. The lowest BCUT2D eigenvalue weighted by Gasteiger charge is -2.34. The number of rotatable bonds is 8. The molecule has 3 aromatic rings. The maximum atomic E-state index is 12.4. The monoisotopic (exact) mass is 527 g/mol. The summed E-state index contributed by atoms with van der Waals surface area (Å²) in [5.41, 5.74) is 3.96. The van der Waals surface area contributed by atoms with Crippen molar-refractivity contribution < 1.29 is 8.42 Å². The SMILES string of the molecule is Cc1cnc(Nc2ccc(N3CCN(C)CC3)cc2)nc1Nc1ccc(Cl)c(NS(=O)(=O)C2CC2)c1. The van der Waals surface area contributed by atoms with Crippen LogP contribution >= 0.6 is 11.6 Å². The first-order valence-corrected chi connectivity index (χ1v) is 13.9. The van der Waals surface area contributed by atoms with Crippen LogP contribution in [0.4, 0.5) is 34.5 Å². The standard InChI is InChI=1S/C25H30ClN7O2S/c1-17-16-27-25(29-18-3-6-20(7-4-18)33-13-11-32(2)12-14-33)30-24(17)28-19-5-10-22(26)23(15-19)31-36(34,35)21-8-9-21/h3-7,10,15-16,21,31H,8-9,11-14H2,1-2H3,(H2,27,28,29,30). The van der Waals surface area contributed by atoms with Crippen molar-refractivity contribution in [1.82, 2.24) is 14.9 Å². The summed E-state index contributed by atoms with van der Waals surface area (Å²) in [5.74, 6) is 1.07.